The van der Waals surface area contributed by atoms with E-state index in [-0.39, 0.29) is 24.4 Å². The van der Waals surface area contributed by atoms with Gasteiger partial charge in [0, 0.05) is 19.0 Å². The third kappa shape index (κ3) is 6.29. The molecule has 0 aliphatic rings. The summed E-state index contributed by atoms with van der Waals surface area (Å²) in [6.07, 6.45) is -4.31. The Morgan fingerprint density at radius 2 is 1.79 bits per heavy atom. The van der Waals surface area contributed by atoms with Gasteiger partial charge in [-0.3, -0.25) is 9.59 Å². The second-order valence-electron chi connectivity index (χ2n) is 6.20. The number of amides is 2. The summed E-state index contributed by atoms with van der Waals surface area (Å²) in [6.45, 7) is 3.36. The number of ether oxygens (including phenoxy) is 1. The van der Waals surface area contributed by atoms with E-state index in [0.717, 1.165) is 17.7 Å². The van der Waals surface area contributed by atoms with Crippen molar-refractivity contribution in [1.82, 2.24) is 0 Å². The van der Waals surface area contributed by atoms with Crippen LogP contribution in [0.1, 0.15) is 30.9 Å². The molecule has 2 N–H and O–H groups in total. The second kappa shape index (κ2) is 9.25. The zero-order valence-corrected chi connectivity index (χ0v) is 15.5. The summed E-state index contributed by atoms with van der Waals surface area (Å²) in [6, 6.07) is 10.6. The Labute approximate surface area is 160 Å². The van der Waals surface area contributed by atoms with Crippen LogP contribution in [-0.4, -0.2) is 18.4 Å². The van der Waals surface area contributed by atoms with Crippen LogP contribution < -0.4 is 15.4 Å². The highest BCUT2D eigenvalue weighted by Crippen LogP contribution is 2.36. The molecule has 2 rings (SSSR count). The van der Waals surface area contributed by atoms with E-state index in [1.165, 1.54) is 13.0 Å². The van der Waals surface area contributed by atoms with E-state index < -0.39 is 23.6 Å². The smallest absolute Gasteiger partial charge is 0.418 e. The number of hydrogen-bond acceptors (Lipinski definition) is 3. The van der Waals surface area contributed by atoms with Crippen molar-refractivity contribution in [2.24, 2.45) is 0 Å². The fraction of sp³-hybridized carbons (Fsp3) is 0.300. The van der Waals surface area contributed by atoms with Crippen LogP contribution in [0.5, 0.6) is 5.75 Å². The third-order valence-electron chi connectivity index (χ3n) is 3.82. The lowest BCUT2D eigenvalue weighted by Crippen LogP contribution is -2.18. The van der Waals surface area contributed by atoms with E-state index in [1.54, 1.807) is 0 Å². The third-order valence-corrected chi connectivity index (χ3v) is 3.82. The molecule has 0 aromatic heterocycles. The minimum atomic E-state index is -4.68. The summed E-state index contributed by atoms with van der Waals surface area (Å²) in [4.78, 5) is 23.1. The van der Waals surface area contributed by atoms with Crippen LogP contribution in [0.4, 0.5) is 24.5 Å². The fourth-order valence-corrected chi connectivity index (χ4v) is 2.51. The van der Waals surface area contributed by atoms with Gasteiger partial charge in [-0.1, -0.05) is 18.2 Å². The molecule has 0 heterocycles. The number of carbonyl (C=O) groups excluding carboxylic acids is 2. The molecule has 0 saturated carbocycles. The maximum atomic E-state index is 13.3. The van der Waals surface area contributed by atoms with Gasteiger partial charge in [-0.2, -0.15) is 13.2 Å². The van der Waals surface area contributed by atoms with Crippen LogP contribution >= 0.6 is 0 Å². The zero-order valence-electron chi connectivity index (χ0n) is 15.5. The molecule has 2 aromatic carbocycles. The predicted molar refractivity (Wildman–Crippen MR) is 100 cm³/mol. The molecule has 0 atom stereocenters. The fourth-order valence-electron chi connectivity index (χ4n) is 2.51. The lowest BCUT2D eigenvalue weighted by Gasteiger charge is -2.15. The molecule has 0 bridgehead atoms. The quantitative estimate of drug-likeness (QED) is 0.665. The molecule has 0 saturated heterocycles. The Hall–Kier alpha value is -3.03. The summed E-state index contributed by atoms with van der Waals surface area (Å²) in [5.74, 6) is -0.333. The van der Waals surface area contributed by atoms with Crippen molar-refractivity contribution < 1.29 is 27.5 Å². The number of rotatable bonds is 7. The molecular weight excluding hydrogens is 373 g/mol. The normalized spacial score (nSPS) is 11.0. The highest BCUT2D eigenvalue weighted by molar-refractivity contribution is 5.93. The molecular formula is C20H21F3N2O3. The van der Waals surface area contributed by atoms with Gasteiger partial charge in [-0.25, -0.2) is 0 Å². The average Bonchev–Trinajstić information content (AvgIpc) is 2.60. The second-order valence-corrected chi connectivity index (χ2v) is 6.20. The maximum Gasteiger partial charge on any atom is 0.418 e. The number of nitrogens with one attached hydrogen (secondary N) is 2. The van der Waals surface area contributed by atoms with Gasteiger partial charge in [0.2, 0.25) is 11.8 Å². The molecule has 0 unspecified atom stereocenters. The lowest BCUT2D eigenvalue weighted by atomic mass is 10.1. The summed E-state index contributed by atoms with van der Waals surface area (Å²) >= 11 is 0. The van der Waals surface area contributed by atoms with Crippen molar-refractivity contribution in [1.29, 1.82) is 0 Å². The van der Waals surface area contributed by atoms with Gasteiger partial charge in [0.25, 0.3) is 0 Å². The number of hydrogen-bond donors (Lipinski definition) is 2. The molecule has 0 aliphatic heterocycles. The van der Waals surface area contributed by atoms with Crippen LogP contribution in [0.3, 0.4) is 0 Å². The molecule has 0 radical (unpaired) electrons. The number of carbonyl (C=O) groups is 2. The van der Waals surface area contributed by atoms with Crippen molar-refractivity contribution in [2.45, 2.75) is 32.9 Å². The summed E-state index contributed by atoms with van der Waals surface area (Å²) in [5, 5.41) is 4.57. The molecule has 0 aliphatic carbocycles. The standard InChI is InChI=1S/C20H21F3N2O3/c1-13-6-3-4-7-18(13)28-11-5-8-19(27)25-17-10-9-15(24-14(2)26)12-16(17)20(21,22)23/h3-4,6-7,9-10,12H,5,8,11H2,1-2H3,(H,24,26)(H,25,27). The number of alkyl halides is 3. The average molecular weight is 394 g/mol. The van der Waals surface area contributed by atoms with Crippen molar-refractivity contribution >= 4 is 23.2 Å². The first-order valence-corrected chi connectivity index (χ1v) is 8.64. The van der Waals surface area contributed by atoms with Crippen LogP contribution in [-0.2, 0) is 15.8 Å². The van der Waals surface area contributed by atoms with Gasteiger partial charge in [-0.15, -0.1) is 0 Å². The molecule has 8 heteroatoms. The number of para-hydroxylation sites is 1. The molecule has 0 fully saturated rings. The maximum absolute atomic E-state index is 13.3. The van der Waals surface area contributed by atoms with Crippen molar-refractivity contribution in [3.63, 3.8) is 0 Å². The van der Waals surface area contributed by atoms with Gasteiger partial charge in [0.05, 0.1) is 17.9 Å². The zero-order chi connectivity index (χ0) is 20.7. The molecule has 0 spiro atoms. The summed E-state index contributed by atoms with van der Waals surface area (Å²) in [7, 11) is 0. The topological polar surface area (TPSA) is 67.4 Å². The number of halogens is 3. The Morgan fingerprint density at radius 3 is 2.43 bits per heavy atom. The molecule has 2 aromatic rings. The largest absolute Gasteiger partial charge is 0.493 e. The Balaban J connectivity index is 1.95. The van der Waals surface area contributed by atoms with E-state index in [2.05, 4.69) is 10.6 Å². The van der Waals surface area contributed by atoms with Crippen LogP contribution in [0.2, 0.25) is 0 Å². The SMILES string of the molecule is CC(=O)Nc1ccc(NC(=O)CCCOc2ccccc2C)c(C(F)(F)F)c1. The molecule has 2 amide bonds. The molecule has 150 valence electrons. The predicted octanol–water partition coefficient (Wildman–Crippen LogP) is 4.77. The Bertz CT molecular complexity index is 851. The van der Waals surface area contributed by atoms with E-state index in [1.807, 2.05) is 31.2 Å². The highest BCUT2D eigenvalue weighted by atomic mass is 19.4. The Kier molecular flexibility index (Phi) is 7.03. The molecule has 28 heavy (non-hydrogen) atoms. The van der Waals surface area contributed by atoms with Gasteiger partial charge in [0.15, 0.2) is 0 Å². The first-order chi connectivity index (χ1) is 13.2. The minimum Gasteiger partial charge on any atom is -0.493 e. The van der Waals surface area contributed by atoms with Gasteiger partial charge in [-0.05, 0) is 43.2 Å². The first kappa shape index (κ1) is 21.3. The number of benzene rings is 2. The molecule has 5 nitrogen and oxygen atoms in total. The monoisotopic (exact) mass is 394 g/mol. The van der Waals surface area contributed by atoms with Crippen molar-refractivity contribution in [3.05, 3.63) is 53.6 Å². The van der Waals surface area contributed by atoms with Gasteiger partial charge in [0.1, 0.15) is 5.75 Å². The lowest BCUT2D eigenvalue weighted by molar-refractivity contribution is -0.137. The summed E-state index contributed by atoms with van der Waals surface area (Å²) in [5.41, 5.74) is -0.417. The highest BCUT2D eigenvalue weighted by Gasteiger charge is 2.34. The first-order valence-electron chi connectivity index (χ1n) is 8.64. The van der Waals surface area contributed by atoms with Crippen LogP contribution in [0, 0.1) is 6.92 Å². The van der Waals surface area contributed by atoms with E-state index in [4.69, 9.17) is 4.74 Å². The van der Waals surface area contributed by atoms with Crippen molar-refractivity contribution in [2.75, 3.05) is 17.2 Å². The van der Waals surface area contributed by atoms with Gasteiger partial charge >= 0.3 is 6.18 Å². The minimum absolute atomic E-state index is 0.00412. The number of aryl methyl sites for hydroxylation is 1. The van der Waals surface area contributed by atoms with E-state index in [0.29, 0.717) is 12.2 Å². The van der Waals surface area contributed by atoms with Gasteiger partial charge < -0.3 is 15.4 Å². The summed E-state index contributed by atoms with van der Waals surface area (Å²) < 4.78 is 45.4. The number of anilines is 2. The van der Waals surface area contributed by atoms with Crippen molar-refractivity contribution in [3.8, 4) is 5.75 Å². The van der Waals surface area contributed by atoms with Crippen LogP contribution in [0.15, 0.2) is 42.5 Å². The van der Waals surface area contributed by atoms with Crippen LogP contribution in [0.25, 0.3) is 0 Å². The Morgan fingerprint density at radius 1 is 1.07 bits per heavy atom. The van der Waals surface area contributed by atoms with E-state index >= 15 is 0 Å². The van der Waals surface area contributed by atoms with E-state index in [9.17, 15) is 22.8 Å².